The van der Waals surface area contributed by atoms with Crippen LogP contribution in [-0.2, 0) is 14.8 Å². The van der Waals surface area contributed by atoms with E-state index in [4.69, 9.17) is 14.2 Å². The van der Waals surface area contributed by atoms with Gasteiger partial charge < -0.3 is 19.5 Å². The highest BCUT2D eigenvalue weighted by atomic mass is 32.2. The molecule has 0 spiro atoms. The molecule has 10 heteroatoms. The normalized spacial score (nSPS) is 16.9. The van der Waals surface area contributed by atoms with Gasteiger partial charge in [-0.2, -0.15) is 4.31 Å². The molecule has 2 aromatic rings. The van der Waals surface area contributed by atoms with Crippen molar-refractivity contribution < 1.29 is 27.4 Å². The Labute approximate surface area is 194 Å². The molecule has 4 rings (SSSR count). The number of fused-ring (bicyclic) bond motifs is 1. The van der Waals surface area contributed by atoms with Gasteiger partial charge >= 0.3 is 0 Å². The van der Waals surface area contributed by atoms with Crippen LogP contribution >= 0.6 is 0 Å². The van der Waals surface area contributed by atoms with Gasteiger partial charge in [-0.3, -0.25) is 9.69 Å². The maximum absolute atomic E-state index is 13.0. The van der Waals surface area contributed by atoms with Crippen molar-refractivity contribution in [1.29, 1.82) is 0 Å². The van der Waals surface area contributed by atoms with E-state index in [-0.39, 0.29) is 17.3 Å². The number of aryl methyl sites for hydroxylation is 1. The summed E-state index contributed by atoms with van der Waals surface area (Å²) in [6.07, 6.45) is 0. The number of hydrogen-bond acceptors (Lipinski definition) is 7. The number of rotatable bonds is 8. The summed E-state index contributed by atoms with van der Waals surface area (Å²) < 4.78 is 44.1. The molecule has 0 bridgehead atoms. The number of ether oxygens (including phenoxy) is 3. The van der Waals surface area contributed by atoms with Crippen molar-refractivity contribution in [3.63, 3.8) is 0 Å². The molecule has 0 unspecified atom stereocenters. The summed E-state index contributed by atoms with van der Waals surface area (Å²) in [5.74, 6) is 1.68. The van der Waals surface area contributed by atoms with Gasteiger partial charge in [0, 0.05) is 32.2 Å². The minimum atomic E-state index is -3.64. The minimum absolute atomic E-state index is 0.106. The first-order valence-electron chi connectivity index (χ1n) is 11.0. The van der Waals surface area contributed by atoms with Crippen LogP contribution in [0.15, 0.2) is 47.4 Å². The Morgan fingerprint density at radius 2 is 1.79 bits per heavy atom. The van der Waals surface area contributed by atoms with Crippen molar-refractivity contribution in [2.45, 2.75) is 11.8 Å². The third kappa shape index (κ3) is 5.95. The Balaban J connectivity index is 1.21. The molecular weight excluding hydrogens is 446 g/mol. The highest BCUT2D eigenvalue weighted by molar-refractivity contribution is 7.89. The standard InChI is InChI=1S/C23H29N3O6S/c1-18-3-2-4-19(15-18)30-12-7-24-23(27)17-25-8-10-26(11-9-25)33(28,29)20-5-6-21-22(16-20)32-14-13-31-21/h2-6,15-16H,7-14,17H2,1H3,(H,24,27). The number of nitrogens with one attached hydrogen (secondary N) is 1. The maximum atomic E-state index is 13.0. The molecular formula is C23H29N3O6S. The number of piperazine rings is 1. The molecule has 1 fully saturated rings. The molecule has 0 atom stereocenters. The molecule has 1 N–H and O–H groups in total. The van der Waals surface area contributed by atoms with Crippen LogP contribution in [0.25, 0.3) is 0 Å². The summed E-state index contributed by atoms with van der Waals surface area (Å²) >= 11 is 0. The van der Waals surface area contributed by atoms with E-state index in [9.17, 15) is 13.2 Å². The van der Waals surface area contributed by atoms with Gasteiger partial charge in [-0.25, -0.2) is 8.42 Å². The van der Waals surface area contributed by atoms with Crippen molar-refractivity contribution in [3.05, 3.63) is 48.0 Å². The first-order valence-corrected chi connectivity index (χ1v) is 12.4. The van der Waals surface area contributed by atoms with Crippen molar-refractivity contribution in [1.82, 2.24) is 14.5 Å². The van der Waals surface area contributed by atoms with E-state index in [0.29, 0.717) is 64.0 Å². The summed E-state index contributed by atoms with van der Waals surface area (Å²) in [4.78, 5) is 14.4. The number of carbonyl (C=O) groups excluding carboxylic acids is 1. The molecule has 33 heavy (non-hydrogen) atoms. The number of carbonyl (C=O) groups is 1. The number of sulfonamides is 1. The molecule has 0 aromatic heterocycles. The second-order valence-electron chi connectivity index (χ2n) is 8.00. The molecule has 9 nitrogen and oxygen atoms in total. The first-order chi connectivity index (χ1) is 15.9. The molecule has 0 radical (unpaired) electrons. The lowest BCUT2D eigenvalue weighted by atomic mass is 10.2. The van der Waals surface area contributed by atoms with Gasteiger partial charge in [0.05, 0.1) is 18.0 Å². The molecule has 0 saturated carbocycles. The first kappa shape index (κ1) is 23.3. The third-order valence-corrected chi connectivity index (χ3v) is 7.43. The number of hydrogen-bond donors (Lipinski definition) is 1. The Kier molecular flexibility index (Phi) is 7.36. The summed E-state index contributed by atoms with van der Waals surface area (Å²) in [6.45, 7) is 5.47. The second-order valence-corrected chi connectivity index (χ2v) is 9.94. The van der Waals surface area contributed by atoms with Crippen LogP contribution in [0.5, 0.6) is 17.2 Å². The number of nitrogens with zero attached hydrogens (tertiary/aromatic N) is 2. The van der Waals surface area contributed by atoms with E-state index in [1.807, 2.05) is 36.1 Å². The second kappa shape index (κ2) is 10.4. The minimum Gasteiger partial charge on any atom is -0.492 e. The smallest absolute Gasteiger partial charge is 0.243 e. The summed E-state index contributed by atoms with van der Waals surface area (Å²) in [5.41, 5.74) is 1.12. The zero-order chi connectivity index (χ0) is 23.3. The van der Waals surface area contributed by atoms with Crippen LogP contribution < -0.4 is 19.5 Å². The molecule has 0 aliphatic carbocycles. The van der Waals surface area contributed by atoms with E-state index < -0.39 is 10.0 Å². The van der Waals surface area contributed by atoms with Crippen LogP contribution in [0.2, 0.25) is 0 Å². The highest BCUT2D eigenvalue weighted by Gasteiger charge is 2.30. The van der Waals surface area contributed by atoms with Gasteiger partial charge in [0.1, 0.15) is 25.6 Å². The molecule has 2 aliphatic rings. The molecule has 178 valence electrons. The van der Waals surface area contributed by atoms with Crippen molar-refractivity contribution in [2.24, 2.45) is 0 Å². The molecule has 1 amide bonds. The lowest BCUT2D eigenvalue weighted by molar-refractivity contribution is -0.122. The molecule has 2 aromatic carbocycles. The van der Waals surface area contributed by atoms with E-state index >= 15 is 0 Å². The van der Waals surface area contributed by atoms with Gasteiger partial charge in [0.2, 0.25) is 15.9 Å². The van der Waals surface area contributed by atoms with Gasteiger partial charge in [-0.1, -0.05) is 12.1 Å². The van der Waals surface area contributed by atoms with Crippen LogP contribution in [0.4, 0.5) is 0 Å². The van der Waals surface area contributed by atoms with Gasteiger partial charge in [0.25, 0.3) is 0 Å². The van der Waals surface area contributed by atoms with E-state index in [2.05, 4.69) is 5.32 Å². The predicted octanol–water partition coefficient (Wildman–Crippen LogP) is 1.27. The van der Waals surface area contributed by atoms with E-state index in [1.54, 1.807) is 12.1 Å². The molecule has 1 saturated heterocycles. The average molecular weight is 476 g/mol. The number of benzene rings is 2. The fourth-order valence-corrected chi connectivity index (χ4v) is 5.22. The largest absolute Gasteiger partial charge is 0.492 e. The van der Waals surface area contributed by atoms with E-state index in [0.717, 1.165) is 11.3 Å². The van der Waals surface area contributed by atoms with Gasteiger partial charge in [0.15, 0.2) is 11.5 Å². The number of amides is 1. The average Bonchev–Trinajstić information content (AvgIpc) is 2.82. The van der Waals surface area contributed by atoms with Crippen LogP contribution in [0, 0.1) is 6.92 Å². The molecule has 2 aliphatic heterocycles. The van der Waals surface area contributed by atoms with Crippen molar-refractivity contribution in [2.75, 3.05) is 59.1 Å². The lowest BCUT2D eigenvalue weighted by Gasteiger charge is -2.33. The summed E-state index contributed by atoms with van der Waals surface area (Å²) in [6, 6.07) is 12.4. The van der Waals surface area contributed by atoms with Gasteiger partial charge in [-0.05, 0) is 36.8 Å². The zero-order valence-corrected chi connectivity index (χ0v) is 19.5. The Morgan fingerprint density at radius 3 is 2.55 bits per heavy atom. The van der Waals surface area contributed by atoms with Gasteiger partial charge in [-0.15, -0.1) is 0 Å². The zero-order valence-electron chi connectivity index (χ0n) is 18.7. The summed E-state index contributed by atoms with van der Waals surface area (Å²) in [7, 11) is -3.64. The fourth-order valence-electron chi connectivity index (χ4n) is 3.78. The Bertz CT molecular complexity index is 1080. The SMILES string of the molecule is Cc1cccc(OCCNC(=O)CN2CCN(S(=O)(=O)c3ccc4c(c3)OCCO4)CC2)c1. The third-order valence-electron chi connectivity index (χ3n) is 5.53. The van der Waals surface area contributed by atoms with Crippen LogP contribution in [0.3, 0.4) is 0 Å². The van der Waals surface area contributed by atoms with Crippen molar-refractivity contribution in [3.8, 4) is 17.2 Å². The fraction of sp³-hybridized carbons (Fsp3) is 0.435. The summed E-state index contributed by atoms with van der Waals surface area (Å²) in [5, 5.41) is 2.85. The quantitative estimate of drug-likeness (QED) is 0.574. The molecule has 2 heterocycles. The van der Waals surface area contributed by atoms with Crippen molar-refractivity contribution >= 4 is 15.9 Å². The Morgan fingerprint density at radius 1 is 1.03 bits per heavy atom. The predicted molar refractivity (Wildman–Crippen MR) is 122 cm³/mol. The Hall–Kier alpha value is -2.82. The topological polar surface area (TPSA) is 97.4 Å². The van der Waals surface area contributed by atoms with Crippen LogP contribution in [0.1, 0.15) is 5.56 Å². The highest BCUT2D eigenvalue weighted by Crippen LogP contribution is 2.33. The maximum Gasteiger partial charge on any atom is 0.243 e. The monoisotopic (exact) mass is 475 g/mol. The lowest BCUT2D eigenvalue weighted by Crippen LogP contribution is -2.51. The van der Waals surface area contributed by atoms with Crippen LogP contribution in [-0.4, -0.2) is 82.6 Å². The van der Waals surface area contributed by atoms with E-state index in [1.165, 1.54) is 10.4 Å².